The molecule has 0 aromatic carbocycles. The van der Waals surface area contributed by atoms with E-state index in [0.29, 0.717) is 16.9 Å². The first-order valence-electron chi connectivity index (χ1n) is 6.21. The average Bonchev–Trinajstić information content (AvgIpc) is 2.80. The molecule has 94 valence electrons. The Kier molecular flexibility index (Phi) is 2.61. The van der Waals surface area contributed by atoms with E-state index in [4.69, 9.17) is 4.74 Å². The van der Waals surface area contributed by atoms with Crippen molar-refractivity contribution in [3.8, 4) is 5.19 Å². The van der Waals surface area contributed by atoms with Gasteiger partial charge in [0.2, 0.25) is 0 Å². The summed E-state index contributed by atoms with van der Waals surface area (Å²) in [6, 6.07) is 0. The molecule has 2 aliphatic rings. The maximum Gasteiger partial charge on any atom is 0.274 e. The molecule has 4 heteroatoms. The van der Waals surface area contributed by atoms with Gasteiger partial charge in [-0.05, 0) is 46.5 Å². The Labute approximate surface area is 115 Å². The van der Waals surface area contributed by atoms with Crippen LogP contribution in [0.25, 0.3) is 0 Å². The lowest BCUT2D eigenvalue weighted by Gasteiger charge is -2.38. The van der Waals surface area contributed by atoms with Crippen LogP contribution in [0.2, 0.25) is 0 Å². The van der Waals surface area contributed by atoms with E-state index in [0.717, 1.165) is 15.7 Å². The van der Waals surface area contributed by atoms with Crippen LogP contribution in [0.5, 0.6) is 5.19 Å². The van der Waals surface area contributed by atoms with E-state index in [2.05, 4.69) is 41.7 Å². The van der Waals surface area contributed by atoms with Crippen LogP contribution in [-0.2, 0) is 0 Å². The summed E-state index contributed by atoms with van der Waals surface area (Å²) < 4.78 is 7.03. The van der Waals surface area contributed by atoms with Gasteiger partial charge in [-0.25, -0.2) is 0 Å². The van der Waals surface area contributed by atoms with E-state index in [9.17, 15) is 0 Å². The molecule has 1 aromatic rings. The largest absolute Gasteiger partial charge is 0.466 e. The lowest BCUT2D eigenvalue weighted by atomic mass is 9.70. The van der Waals surface area contributed by atoms with Crippen molar-refractivity contribution < 1.29 is 4.74 Å². The van der Waals surface area contributed by atoms with Gasteiger partial charge in [-0.1, -0.05) is 32.1 Å². The smallest absolute Gasteiger partial charge is 0.274 e. The van der Waals surface area contributed by atoms with Gasteiger partial charge in [-0.3, -0.25) is 0 Å². The van der Waals surface area contributed by atoms with Crippen LogP contribution in [0.3, 0.4) is 0 Å². The second kappa shape index (κ2) is 3.70. The lowest BCUT2D eigenvalue weighted by Crippen LogP contribution is -2.38. The molecule has 17 heavy (non-hydrogen) atoms. The molecule has 2 nitrogen and oxygen atoms in total. The van der Waals surface area contributed by atoms with E-state index in [1.54, 1.807) is 11.3 Å². The third kappa shape index (κ3) is 1.60. The number of fused-ring (bicyclic) bond motifs is 2. The molecule has 1 heterocycles. The molecule has 0 aliphatic heterocycles. The number of hydrogen-bond donors (Lipinski definition) is 0. The number of nitrogens with zero attached hydrogens (tertiary/aromatic N) is 1. The van der Waals surface area contributed by atoms with Crippen LogP contribution in [0, 0.1) is 16.7 Å². The summed E-state index contributed by atoms with van der Waals surface area (Å²) in [6.45, 7) is 7.21. The number of aromatic nitrogens is 1. The highest BCUT2D eigenvalue weighted by atomic mass is 79.9. The Morgan fingerprint density at radius 1 is 1.47 bits per heavy atom. The van der Waals surface area contributed by atoms with E-state index < -0.39 is 0 Å². The summed E-state index contributed by atoms with van der Waals surface area (Å²) in [5.74, 6) is 0.820. The molecule has 3 atom stereocenters. The van der Waals surface area contributed by atoms with Gasteiger partial charge in [-0.2, -0.15) is 4.98 Å². The zero-order chi connectivity index (χ0) is 12.3. The molecule has 2 aliphatic carbocycles. The fourth-order valence-corrected chi connectivity index (χ4v) is 4.86. The first-order chi connectivity index (χ1) is 7.93. The number of rotatable bonds is 2. The third-order valence-corrected chi connectivity index (χ3v) is 6.85. The molecule has 0 spiro atoms. The molecule has 2 bridgehead atoms. The minimum atomic E-state index is 0.315. The minimum Gasteiger partial charge on any atom is -0.466 e. The second-order valence-electron chi connectivity index (χ2n) is 6.15. The number of hydrogen-bond acceptors (Lipinski definition) is 3. The highest BCUT2D eigenvalue weighted by molar-refractivity contribution is 9.10. The van der Waals surface area contributed by atoms with Crippen molar-refractivity contribution >= 4 is 27.3 Å². The van der Waals surface area contributed by atoms with Crippen LogP contribution >= 0.6 is 27.3 Å². The van der Waals surface area contributed by atoms with Crippen LogP contribution in [-0.4, -0.2) is 11.1 Å². The van der Waals surface area contributed by atoms with Crippen LogP contribution in [0.4, 0.5) is 0 Å². The molecular weight excluding hydrogens is 298 g/mol. The van der Waals surface area contributed by atoms with Gasteiger partial charge in [-0.15, -0.1) is 0 Å². The summed E-state index contributed by atoms with van der Waals surface area (Å²) in [5, 5.41) is 2.79. The van der Waals surface area contributed by atoms with Crippen LogP contribution < -0.4 is 4.74 Å². The standard InChI is InChI=1S/C13H18BrNOS/c1-12(2)8-4-5-13(12,3)9(6-8)16-11-15-10(14)7-17-11/h7-9H,4-6H2,1-3H3. The SMILES string of the molecule is CC1(C)C2CCC1(C)C(Oc1nc(Br)cs1)C2. The van der Waals surface area contributed by atoms with E-state index >= 15 is 0 Å². The second-order valence-corrected chi connectivity index (χ2v) is 7.79. The first-order valence-corrected chi connectivity index (χ1v) is 7.88. The van der Waals surface area contributed by atoms with Gasteiger partial charge in [0.1, 0.15) is 10.7 Å². The first kappa shape index (κ1) is 12.0. The molecule has 0 N–H and O–H groups in total. The fourth-order valence-electron chi connectivity index (χ4n) is 3.72. The Hall–Kier alpha value is -0.0900. The highest BCUT2D eigenvalue weighted by Crippen LogP contribution is 2.66. The van der Waals surface area contributed by atoms with Crippen LogP contribution in [0.15, 0.2) is 9.98 Å². The average molecular weight is 316 g/mol. The van der Waals surface area contributed by atoms with Crippen molar-refractivity contribution in [1.82, 2.24) is 4.98 Å². The van der Waals surface area contributed by atoms with Crippen molar-refractivity contribution in [2.75, 3.05) is 0 Å². The molecule has 2 fully saturated rings. The van der Waals surface area contributed by atoms with Crippen molar-refractivity contribution in [2.24, 2.45) is 16.7 Å². The maximum atomic E-state index is 6.15. The predicted molar refractivity (Wildman–Crippen MR) is 73.5 cm³/mol. The summed E-state index contributed by atoms with van der Waals surface area (Å²) in [4.78, 5) is 4.35. The topological polar surface area (TPSA) is 22.1 Å². The molecule has 3 unspecified atom stereocenters. The zero-order valence-electron chi connectivity index (χ0n) is 10.5. The molecule has 0 amide bonds. The fraction of sp³-hybridized carbons (Fsp3) is 0.769. The normalized spacial score (nSPS) is 38.6. The van der Waals surface area contributed by atoms with E-state index in [1.807, 2.05) is 5.38 Å². The number of halogens is 1. The van der Waals surface area contributed by atoms with Gasteiger partial charge in [0, 0.05) is 10.8 Å². The summed E-state index contributed by atoms with van der Waals surface area (Å²) in [7, 11) is 0. The van der Waals surface area contributed by atoms with Crippen molar-refractivity contribution in [3.05, 3.63) is 9.98 Å². The highest BCUT2D eigenvalue weighted by Gasteiger charge is 2.62. The molecule has 3 rings (SSSR count). The Morgan fingerprint density at radius 3 is 2.71 bits per heavy atom. The van der Waals surface area contributed by atoms with Crippen molar-refractivity contribution in [3.63, 3.8) is 0 Å². The Bertz CT molecular complexity index is 444. The molecule has 0 radical (unpaired) electrons. The van der Waals surface area contributed by atoms with E-state index in [1.165, 1.54) is 19.3 Å². The monoisotopic (exact) mass is 315 g/mol. The molecular formula is C13H18BrNOS. The van der Waals surface area contributed by atoms with E-state index in [-0.39, 0.29) is 0 Å². The molecule has 1 aromatic heterocycles. The quantitative estimate of drug-likeness (QED) is 0.801. The van der Waals surface area contributed by atoms with Crippen LogP contribution in [0.1, 0.15) is 40.0 Å². The third-order valence-electron chi connectivity index (χ3n) is 5.41. The van der Waals surface area contributed by atoms with Gasteiger partial charge in [0.15, 0.2) is 0 Å². The summed E-state index contributed by atoms with van der Waals surface area (Å²) in [5.41, 5.74) is 0.724. The molecule has 2 saturated carbocycles. The lowest BCUT2D eigenvalue weighted by molar-refractivity contribution is 0.0299. The van der Waals surface area contributed by atoms with Crippen molar-refractivity contribution in [1.29, 1.82) is 0 Å². The number of ether oxygens (including phenoxy) is 1. The zero-order valence-corrected chi connectivity index (χ0v) is 12.9. The minimum absolute atomic E-state index is 0.315. The summed E-state index contributed by atoms with van der Waals surface area (Å²) in [6.07, 6.45) is 4.20. The van der Waals surface area contributed by atoms with Crippen molar-refractivity contribution in [2.45, 2.75) is 46.1 Å². The maximum absolute atomic E-state index is 6.15. The Morgan fingerprint density at radius 2 is 2.24 bits per heavy atom. The summed E-state index contributed by atoms with van der Waals surface area (Å²) >= 11 is 4.96. The van der Waals surface area contributed by atoms with Gasteiger partial charge >= 0.3 is 0 Å². The van der Waals surface area contributed by atoms with Gasteiger partial charge < -0.3 is 4.74 Å². The predicted octanol–water partition coefficient (Wildman–Crippen LogP) is 4.50. The molecule has 0 saturated heterocycles. The number of thiazole rings is 1. The Balaban J connectivity index is 1.83. The van der Waals surface area contributed by atoms with Gasteiger partial charge in [0.05, 0.1) is 0 Å². The van der Waals surface area contributed by atoms with Gasteiger partial charge in [0.25, 0.3) is 5.19 Å².